The Morgan fingerprint density at radius 2 is 1.81 bits per heavy atom. The molecular formula is C28H28N2O6S. The van der Waals surface area contributed by atoms with Crippen molar-refractivity contribution in [3.63, 3.8) is 0 Å². The van der Waals surface area contributed by atoms with E-state index in [1.165, 1.54) is 12.0 Å². The maximum absolute atomic E-state index is 13.4. The van der Waals surface area contributed by atoms with E-state index in [0.29, 0.717) is 29.2 Å². The first-order valence-electron chi connectivity index (χ1n) is 11.8. The van der Waals surface area contributed by atoms with Crippen molar-refractivity contribution < 1.29 is 29.0 Å². The quantitative estimate of drug-likeness (QED) is 0.196. The number of Topliss-reactive ketones (excluding diaryl/α,β-unsaturated/α-hetero) is 1. The molecule has 1 aromatic heterocycles. The third-order valence-electron chi connectivity index (χ3n) is 6.11. The minimum absolute atomic E-state index is 0.0528. The molecule has 3 aromatic rings. The Balaban J connectivity index is 1.88. The summed E-state index contributed by atoms with van der Waals surface area (Å²) in [5.41, 5.74) is 3.13. The number of amides is 1. The molecule has 1 N–H and O–H groups in total. The molecule has 2 heterocycles. The number of hydrogen-bond donors (Lipinski definition) is 1. The highest BCUT2D eigenvalue weighted by atomic mass is 32.1. The van der Waals surface area contributed by atoms with Gasteiger partial charge in [-0.3, -0.25) is 14.5 Å². The fourth-order valence-corrected chi connectivity index (χ4v) is 5.20. The molecule has 1 fully saturated rings. The van der Waals surface area contributed by atoms with Gasteiger partial charge in [-0.1, -0.05) is 48.1 Å². The van der Waals surface area contributed by atoms with Crippen LogP contribution in [0.2, 0.25) is 0 Å². The van der Waals surface area contributed by atoms with Gasteiger partial charge >= 0.3 is 11.9 Å². The molecule has 0 radical (unpaired) electrons. The Morgan fingerprint density at radius 3 is 2.43 bits per heavy atom. The minimum atomic E-state index is -0.937. The number of hydrogen-bond acceptors (Lipinski definition) is 8. The van der Waals surface area contributed by atoms with Gasteiger partial charge in [0.15, 0.2) is 5.13 Å². The second-order valence-electron chi connectivity index (χ2n) is 8.81. The van der Waals surface area contributed by atoms with Crippen molar-refractivity contribution in [1.82, 2.24) is 4.98 Å². The first-order valence-corrected chi connectivity index (χ1v) is 12.7. The Hall–Kier alpha value is -3.98. The van der Waals surface area contributed by atoms with E-state index in [2.05, 4.69) is 4.98 Å². The maximum Gasteiger partial charge on any atom is 0.350 e. The SMILES string of the molecule is CCCOc1ccc(/C(O)=C2\C(=O)C(=O)N(c3nc(C)c(C(=O)OC)s3)C2c2ccc(C)cc2)cc1C. The molecule has 1 unspecified atom stereocenters. The molecule has 0 saturated carbocycles. The van der Waals surface area contributed by atoms with Gasteiger partial charge < -0.3 is 14.6 Å². The molecule has 0 spiro atoms. The van der Waals surface area contributed by atoms with Crippen LogP contribution in [-0.4, -0.2) is 41.5 Å². The summed E-state index contributed by atoms with van der Waals surface area (Å²) in [6.45, 7) is 7.99. The topological polar surface area (TPSA) is 106 Å². The highest BCUT2D eigenvalue weighted by molar-refractivity contribution is 7.17. The molecular weight excluding hydrogens is 492 g/mol. The normalized spacial score (nSPS) is 16.8. The summed E-state index contributed by atoms with van der Waals surface area (Å²) in [5, 5.41) is 11.6. The third-order valence-corrected chi connectivity index (χ3v) is 7.25. The van der Waals surface area contributed by atoms with E-state index in [-0.39, 0.29) is 21.3 Å². The lowest BCUT2D eigenvalue weighted by molar-refractivity contribution is -0.132. The van der Waals surface area contributed by atoms with Gasteiger partial charge in [0.1, 0.15) is 16.4 Å². The molecule has 192 valence electrons. The van der Waals surface area contributed by atoms with Crippen LogP contribution < -0.4 is 9.64 Å². The monoisotopic (exact) mass is 520 g/mol. The molecule has 0 aliphatic carbocycles. The number of ether oxygens (including phenoxy) is 2. The lowest BCUT2D eigenvalue weighted by Gasteiger charge is -2.23. The van der Waals surface area contributed by atoms with Crippen LogP contribution in [0, 0.1) is 20.8 Å². The first kappa shape index (κ1) is 26.1. The minimum Gasteiger partial charge on any atom is -0.507 e. The summed E-state index contributed by atoms with van der Waals surface area (Å²) in [6, 6.07) is 11.5. The molecule has 1 saturated heterocycles. The first-order chi connectivity index (χ1) is 17.7. The number of benzene rings is 2. The summed E-state index contributed by atoms with van der Waals surface area (Å²) in [5.74, 6) is -1.86. The van der Waals surface area contributed by atoms with E-state index in [4.69, 9.17) is 9.47 Å². The van der Waals surface area contributed by atoms with E-state index in [9.17, 15) is 19.5 Å². The van der Waals surface area contributed by atoms with Gasteiger partial charge in [0.25, 0.3) is 5.78 Å². The van der Waals surface area contributed by atoms with Gasteiger partial charge in [-0.15, -0.1) is 0 Å². The van der Waals surface area contributed by atoms with Gasteiger partial charge in [-0.05, 0) is 56.5 Å². The van der Waals surface area contributed by atoms with Crippen LogP contribution in [0.4, 0.5) is 5.13 Å². The standard InChI is InChI=1S/C28H28N2O6S/c1-6-13-36-20-12-11-19(14-16(20)3)23(31)21-22(18-9-7-15(2)8-10-18)30(26(33)24(21)32)28-29-17(4)25(37-28)27(34)35-5/h7-12,14,22,31H,6,13H2,1-5H3/b23-21+. The number of nitrogens with zero attached hydrogens (tertiary/aromatic N) is 2. The number of aliphatic hydroxyl groups is 1. The van der Waals surface area contributed by atoms with E-state index in [0.717, 1.165) is 28.9 Å². The lowest BCUT2D eigenvalue weighted by atomic mass is 9.94. The van der Waals surface area contributed by atoms with Crippen molar-refractivity contribution in [3.05, 3.63) is 80.9 Å². The Labute approximate surface area is 219 Å². The molecule has 8 nitrogen and oxygen atoms in total. The lowest BCUT2D eigenvalue weighted by Crippen LogP contribution is -2.29. The van der Waals surface area contributed by atoms with Crippen molar-refractivity contribution in [2.45, 2.75) is 40.2 Å². The summed E-state index contributed by atoms with van der Waals surface area (Å²) in [4.78, 5) is 44.8. The van der Waals surface area contributed by atoms with E-state index in [1.807, 2.05) is 32.9 Å². The highest BCUT2D eigenvalue weighted by Gasteiger charge is 2.48. The van der Waals surface area contributed by atoms with E-state index < -0.39 is 23.7 Å². The number of carbonyl (C=O) groups excluding carboxylic acids is 3. The van der Waals surface area contributed by atoms with Gasteiger partial charge in [-0.25, -0.2) is 9.78 Å². The number of aryl methyl sites for hydroxylation is 3. The zero-order valence-corrected chi connectivity index (χ0v) is 22.1. The average molecular weight is 521 g/mol. The smallest absolute Gasteiger partial charge is 0.350 e. The number of aliphatic hydroxyl groups excluding tert-OH is 1. The molecule has 4 rings (SSSR count). The van der Waals surface area contributed by atoms with Crippen LogP contribution in [0.5, 0.6) is 5.75 Å². The Kier molecular flexibility index (Phi) is 7.45. The fraction of sp³-hybridized carbons (Fsp3) is 0.286. The van der Waals surface area contributed by atoms with E-state index in [1.54, 1.807) is 37.3 Å². The van der Waals surface area contributed by atoms with Gasteiger partial charge in [0, 0.05) is 5.56 Å². The summed E-state index contributed by atoms with van der Waals surface area (Å²) in [7, 11) is 1.26. The molecule has 1 aliphatic rings. The molecule has 0 bridgehead atoms. The second kappa shape index (κ2) is 10.6. The zero-order valence-electron chi connectivity index (χ0n) is 21.3. The van der Waals surface area contributed by atoms with Gasteiger partial charge in [0.05, 0.1) is 31.0 Å². The predicted molar refractivity (Wildman–Crippen MR) is 141 cm³/mol. The number of methoxy groups -OCH3 is 1. The Bertz CT molecular complexity index is 1410. The van der Waals surface area contributed by atoms with Crippen LogP contribution in [-0.2, 0) is 14.3 Å². The summed E-state index contributed by atoms with van der Waals surface area (Å²) < 4.78 is 10.6. The van der Waals surface area contributed by atoms with Gasteiger partial charge in [-0.2, -0.15) is 0 Å². The van der Waals surface area contributed by atoms with Crippen LogP contribution in [0.3, 0.4) is 0 Å². The molecule has 1 atom stereocenters. The van der Waals surface area contributed by atoms with Crippen molar-refractivity contribution in [1.29, 1.82) is 0 Å². The number of aromatic nitrogens is 1. The van der Waals surface area contributed by atoms with Crippen LogP contribution >= 0.6 is 11.3 Å². The zero-order chi connectivity index (χ0) is 26.9. The number of anilines is 1. The molecule has 1 amide bonds. The summed E-state index contributed by atoms with van der Waals surface area (Å²) in [6.07, 6.45) is 0.856. The van der Waals surface area contributed by atoms with E-state index >= 15 is 0 Å². The summed E-state index contributed by atoms with van der Waals surface area (Å²) >= 11 is 0.965. The van der Waals surface area contributed by atoms with Gasteiger partial charge in [0.2, 0.25) is 0 Å². The molecule has 9 heteroatoms. The van der Waals surface area contributed by atoms with Crippen molar-refractivity contribution in [3.8, 4) is 5.75 Å². The number of carbonyl (C=O) groups is 3. The predicted octanol–water partition coefficient (Wildman–Crippen LogP) is 5.27. The van der Waals surface area contributed by atoms with Crippen LogP contribution in [0.25, 0.3) is 5.76 Å². The largest absolute Gasteiger partial charge is 0.507 e. The van der Waals surface area contributed by atoms with Crippen molar-refractivity contribution in [2.75, 3.05) is 18.6 Å². The average Bonchev–Trinajstić information content (AvgIpc) is 3.39. The number of rotatable bonds is 7. The molecule has 2 aromatic carbocycles. The number of ketones is 1. The van der Waals surface area contributed by atoms with Crippen molar-refractivity contribution in [2.24, 2.45) is 0 Å². The number of thiazole rings is 1. The van der Waals surface area contributed by atoms with Crippen LogP contribution in [0.15, 0.2) is 48.0 Å². The Morgan fingerprint density at radius 1 is 1.11 bits per heavy atom. The number of esters is 1. The molecule has 1 aliphatic heterocycles. The highest BCUT2D eigenvalue weighted by Crippen LogP contribution is 2.44. The van der Waals surface area contributed by atoms with Crippen LogP contribution in [0.1, 0.15) is 57.0 Å². The third kappa shape index (κ3) is 4.86. The maximum atomic E-state index is 13.4. The molecule has 37 heavy (non-hydrogen) atoms. The second-order valence-corrected chi connectivity index (χ2v) is 9.79. The van der Waals surface area contributed by atoms with Crippen molar-refractivity contribution >= 4 is 39.9 Å². The fourth-order valence-electron chi connectivity index (χ4n) is 4.19.